The molecule has 31 heavy (non-hydrogen) atoms. The van der Waals surface area contributed by atoms with Crippen LogP contribution in [0.4, 0.5) is 0 Å². The zero-order valence-electron chi connectivity index (χ0n) is 17.8. The van der Waals surface area contributed by atoms with E-state index in [4.69, 9.17) is 9.47 Å². The highest BCUT2D eigenvalue weighted by molar-refractivity contribution is 5.79. The van der Waals surface area contributed by atoms with Gasteiger partial charge in [-0.15, -0.1) is 0 Å². The second-order valence-electron chi connectivity index (χ2n) is 7.78. The molecule has 0 bridgehead atoms. The van der Waals surface area contributed by atoms with Crippen molar-refractivity contribution in [2.75, 3.05) is 20.3 Å². The van der Waals surface area contributed by atoms with Crippen LogP contribution in [-0.4, -0.2) is 45.6 Å². The number of aromatic nitrogens is 4. The fourth-order valence-electron chi connectivity index (χ4n) is 4.03. The number of hydrogen-bond acceptors (Lipinski definition) is 5. The molecule has 164 valence electrons. The zero-order chi connectivity index (χ0) is 21.5. The average molecular weight is 424 g/mol. The minimum atomic E-state index is -0.266. The van der Waals surface area contributed by atoms with Crippen LogP contribution in [0.5, 0.6) is 0 Å². The van der Waals surface area contributed by atoms with Gasteiger partial charge in [-0.1, -0.05) is 24.3 Å². The van der Waals surface area contributed by atoms with E-state index < -0.39 is 0 Å². The highest BCUT2D eigenvalue weighted by Crippen LogP contribution is 2.34. The molecule has 3 aromatic rings. The lowest BCUT2D eigenvalue weighted by Crippen LogP contribution is -2.32. The number of aryl methyl sites for hydroxylation is 1. The smallest absolute Gasteiger partial charge is 0.226 e. The van der Waals surface area contributed by atoms with Gasteiger partial charge >= 0.3 is 0 Å². The van der Waals surface area contributed by atoms with Crippen molar-refractivity contribution in [2.24, 2.45) is 5.92 Å². The van der Waals surface area contributed by atoms with Crippen molar-refractivity contribution in [1.29, 1.82) is 0 Å². The molecule has 2 atom stereocenters. The number of imidazole rings is 1. The molecule has 4 rings (SSSR count). The highest BCUT2D eigenvalue weighted by Gasteiger charge is 2.36. The van der Waals surface area contributed by atoms with Crippen molar-refractivity contribution < 1.29 is 14.3 Å². The Hall–Kier alpha value is -2.97. The molecule has 1 aliphatic heterocycles. The Balaban J connectivity index is 1.36. The SMILES string of the molecule is COCCCn1nccc1[C@H]1OCC[C@@H]1C(=O)NCc1cccc(Cn2ccnc2)c1. The molecular formula is C23H29N5O3. The van der Waals surface area contributed by atoms with Gasteiger partial charge in [-0.3, -0.25) is 9.48 Å². The summed E-state index contributed by atoms with van der Waals surface area (Å²) in [6.07, 6.45) is 8.59. The molecule has 1 amide bonds. The summed E-state index contributed by atoms with van der Waals surface area (Å²) >= 11 is 0. The van der Waals surface area contributed by atoms with Crippen LogP contribution >= 0.6 is 0 Å². The summed E-state index contributed by atoms with van der Waals surface area (Å²) < 4.78 is 15.0. The number of amides is 1. The summed E-state index contributed by atoms with van der Waals surface area (Å²) in [6, 6.07) is 10.2. The maximum absolute atomic E-state index is 13.0. The van der Waals surface area contributed by atoms with Crippen LogP contribution < -0.4 is 5.32 Å². The van der Waals surface area contributed by atoms with Crippen molar-refractivity contribution in [3.05, 3.63) is 72.1 Å². The maximum atomic E-state index is 13.0. The van der Waals surface area contributed by atoms with Gasteiger partial charge in [0.05, 0.1) is 17.9 Å². The molecule has 0 radical (unpaired) electrons. The molecule has 1 aliphatic rings. The second kappa shape index (κ2) is 10.4. The summed E-state index contributed by atoms with van der Waals surface area (Å²) in [5.74, 6) is -0.195. The lowest BCUT2D eigenvalue weighted by atomic mass is 9.97. The topological polar surface area (TPSA) is 83.2 Å². The summed E-state index contributed by atoms with van der Waals surface area (Å²) in [5, 5.41) is 7.51. The van der Waals surface area contributed by atoms with E-state index in [2.05, 4.69) is 27.5 Å². The van der Waals surface area contributed by atoms with E-state index >= 15 is 0 Å². The first-order valence-electron chi connectivity index (χ1n) is 10.7. The van der Waals surface area contributed by atoms with E-state index in [1.807, 2.05) is 33.6 Å². The third-order valence-corrected chi connectivity index (χ3v) is 5.57. The van der Waals surface area contributed by atoms with E-state index in [0.717, 1.165) is 30.8 Å². The van der Waals surface area contributed by atoms with Gasteiger partial charge in [0, 0.05) is 58.5 Å². The van der Waals surface area contributed by atoms with Crippen molar-refractivity contribution in [3.63, 3.8) is 0 Å². The number of hydrogen-bond donors (Lipinski definition) is 1. The Morgan fingerprint density at radius 2 is 2.19 bits per heavy atom. The van der Waals surface area contributed by atoms with Gasteiger partial charge in [0.15, 0.2) is 0 Å². The fourth-order valence-corrected chi connectivity index (χ4v) is 4.03. The average Bonchev–Trinajstić information content (AvgIpc) is 3.54. The van der Waals surface area contributed by atoms with Gasteiger partial charge in [-0.05, 0) is 30.0 Å². The molecule has 1 fully saturated rings. The van der Waals surface area contributed by atoms with E-state index in [0.29, 0.717) is 26.2 Å². The first kappa shape index (κ1) is 21.3. The Labute approximate surface area is 182 Å². The molecule has 1 N–H and O–H groups in total. The largest absolute Gasteiger partial charge is 0.385 e. The summed E-state index contributed by atoms with van der Waals surface area (Å²) in [6.45, 7) is 3.25. The third-order valence-electron chi connectivity index (χ3n) is 5.57. The van der Waals surface area contributed by atoms with Crippen LogP contribution in [-0.2, 0) is 33.9 Å². The molecule has 1 saturated heterocycles. The number of nitrogens with zero attached hydrogens (tertiary/aromatic N) is 4. The molecule has 0 saturated carbocycles. The number of methoxy groups -OCH3 is 1. The summed E-state index contributed by atoms with van der Waals surface area (Å²) in [5.41, 5.74) is 3.20. The monoisotopic (exact) mass is 423 g/mol. The number of rotatable bonds is 10. The predicted molar refractivity (Wildman–Crippen MR) is 115 cm³/mol. The fraction of sp³-hybridized carbons (Fsp3) is 0.435. The lowest BCUT2D eigenvalue weighted by Gasteiger charge is -2.19. The predicted octanol–water partition coefficient (Wildman–Crippen LogP) is 2.56. The standard InChI is InChI=1S/C23H29N5O3/c1-30-12-3-10-28-21(6-8-26-28)22-20(7-13-31-22)23(29)25-15-18-4-2-5-19(14-18)16-27-11-9-24-17-27/h2,4-6,8-9,11,14,17,20,22H,3,7,10,12-13,15-16H2,1H3,(H,25,29)/t20-,22-/m0/s1. The first-order chi connectivity index (χ1) is 15.2. The van der Waals surface area contributed by atoms with Crippen molar-refractivity contribution in [3.8, 4) is 0 Å². The van der Waals surface area contributed by atoms with Crippen LogP contribution in [0.2, 0.25) is 0 Å². The molecule has 0 aliphatic carbocycles. The number of benzene rings is 1. The summed E-state index contributed by atoms with van der Waals surface area (Å²) in [7, 11) is 1.69. The molecule has 0 unspecified atom stereocenters. The highest BCUT2D eigenvalue weighted by atomic mass is 16.5. The molecule has 0 spiro atoms. The van der Waals surface area contributed by atoms with E-state index in [1.165, 1.54) is 5.56 Å². The Morgan fingerprint density at radius 3 is 3.03 bits per heavy atom. The van der Waals surface area contributed by atoms with Gasteiger partial charge in [0.2, 0.25) is 5.91 Å². The van der Waals surface area contributed by atoms with E-state index in [1.54, 1.807) is 25.8 Å². The van der Waals surface area contributed by atoms with Crippen LogP contribution in [0.3, 0.4) is 0 Å². The molecule has 2 aromatic heterocycles. The van der Waals surface area contributed by atoms with Gasteiger partial charge in [0.25, 0.3) is 0 Å². The van der Waals surface area contributed by atoms with Crippen molar-refractivity contribution in [1.82, 2.24) is 24.6 Å². The van der Waals surface area contributed by atoms with Crippen molar-refractivity contribution >= 4 is 5.91 Å². The normalized spacial score (nSPS) is 18.4. The van der Waals surface area contributed by atoms with Crippen molar-refractivity contribution in [2.45, 2.75) is 38.6 Å². The minimum absolute atomic E-state index is 0.0205. The minimum Gasteiger partial charge on any atom is -0.385 e. The molecule has 8 nitrogen and oxygen atoms in total. The van der Waals surface area contributed by atoms with Gasteiger partial charge in [0.1, 0.15) is 6.10 Å². The quantitative estimate of drug-likeness (QED) is 0.507. The molecule has 3 heterocycles. The van der Waals surface area contributed by atoms with E-state index in [9.17, 15) is 4.79 Å². The van der Waals surface area contributed by atoms with Crippen LogP contribution in [0.15, 0.2) is 55.2 Å². The molecule has 1 aromatic carbocycles. The van der Waals surface area contributed by atoms with Crippen LogP contribution in [0.1, 0.15) is 35.8 Å². The Kier molecular flexibility index (Phi) is 7.11. The Bertz CT molecular complexity index is 969. The first-order valence-corrected chi connectivity index (χ1v) is 10.7. The maximum Gasteiger partial charge on any atom is 0.226 e. The summed E-state index contributed by atoms with van der Waals surface area (Å²) in [4.78, 5) is 17.1. The number of carbonyl (C=O) groups is 1. The van der Waals surface area contributed by atoms with E-state index in [-0.39, 0.29) is 17.9 Å². The van der Waals surface area contributed by atoms with Gasteiger partial charge in [-0.2, -0.15) is 5.10 Å². The number of nitrogens with one attached hydrogen (secondary N) is 1. The van der Waals surface area contributed by atoms with Gasteiger partial charge < -0.3 is 19.4 Å². The lowest BCUT2D eigenvalue weighted by molar-refractivity contribution is -0.127. The molecule has 8 heteroatoms. The third kappa shape index (κ3) is 5.39. The van der Waals surface area contributed by atoms with Crippen LogP contribution in [0.25, 0.3) is 0 Å². The zero-order valence-corrected chi connectivity index (χ0v) is 17.8. The number of ether oxygens (including phenoxy) is 2. The molecular weight excluding hydrogens is 394 g/mol. The van der Waals surface area contributed by atoms with Crippen LogP contribution in [0, 0.1) is 5.92 Å². The Morgan fingerprint density at radius 1 is 1.29 bits per heavy atom. The second-order valence-corrected chi connectivity index (χ2v) is 7.78. The van der Waals surface area contributed by atoms with Gasteiger partial charge in [-0.25, -0.2) is 4.98 Å². The number of carbonyl (C=O) groups excluding carboxylic acids is 1.